The average molecular weight is 322 g/mol. The van der Waals surface area contributed by atoms with E-state index in [-0.39, 0.29) is 0 Å². The Bertz CT molecular complexity index is 951. The number of rotatable bonds is 3. The van der Waals surface area contributed by atoms with Gasteiger partial charge in [0.25, 0.3) is 0 Å². The molecule has 1 heterocycles. The summed E-state index contributed by atoms with van der Waals surface area (Å²) < 4.78 is 2.05. The highest BCUT2D eigenvalue weighted by molar-refractivity contribution is 5.73. The number of aryl methyl sites for hydroxylation is 1. The van der Waals surface area contributed by atoms with Gasteiger partial charge in [-0.05, 0) is 33.4 Å². The molecule has 0 atom stereocenters. The van der Waals surface area contributed by atoms with E-state index in [9.17, 15) is 0 Å². The Balaban J connectivity index is 1.59. The second-order valence-corrected chi connectivity index (χ2v) is 6.27. The molecule has 0 aliphatic carbocycles. The van der Waals surface area contributed by atoms with E-state index in [0.717, 1.165) is 0 Å². The van der Waals surface area contributed by atoms with Gasteiger partial charge in [0.1, 0.15) is 7.05 Å². The minimum atomic E-state index is 1.24. The van der Waals surface area contributed by atoms with Gasteiger partial charge in [-0.15, -0.1) is 0 Å². The quantitative estimate of drug-likeness (QED) is 0.438. The minimum Gasteiger partial charge on any atom is -0.208 e. The van der Waals surface area contributed by atoms with Gasteiger partial charge in [-0.1, -0.05) is 78.9 Å². The van der Waals surface area contributed by atoms with Gasteiger partial charge in [0, 0.05) is 12.1 Å². The van der Waals surface area contributed by atoms with Crippen molar-refractivity contribution in [1.82, 2.24) is 0 Å². The summed E-state index contributed by atoms with van der Waals surface area (Å²) in [5, 5.41) is 0. The maximum absolute atomic E-state index is 2.19. The van der Waals surface area contributed by atoms with E-state index in [0.29, 0.717) is 0 Å². The summed E-state index contributed by atoms with van der Waals surface area (Å²) in [7, 11) is 2.03. The SMILES string of the molecule is C[n+]1ccc(-c2ccc(-c3ccc(-c4ccccc4)cc3)cc2)cc1. The van der Waals surface area contributed by atoms with Crippen molar-refractivity contribution in [2.45, 2.75) is 0 Å². The first kappa shape index (κ1) is 15.3. The Morgan fingerprint density at radius 1 is 0.400 bits per heavy atom. The standard InChI is InChI=1S/C24H20N/c1-25-17-15-24(16-18-25)23-13-11-22(12-14-23)21-9-7-20(8-10-21)19-5-3-2-4-6-19/h2-18H,1H3/q+1. The van der Waals surface area contributed by atoms with Crippen molar-refractivity contribution in [3.05, 3.63) is 103 Å². The number of hydrogen-bond acceptors (Lipinski definition) is 0. The Hall–Kier alpha value is -3.19. The Labute approximate surface area is 148 Å². The van der Waals surface area contributed by atoms with Crippen LogP contribution in [0.3, 0.4) is 0 Å². The number of benzene rings is 3. The Morgan fingerprint density at radius 2 is 0.720 bits per heavy atom. The van der Waals surface area contributed by atoms with E-state index in [4.69, 9.17) is 0 Å². The van der Waals surface area contributed by atoms with Crippen molar-refractivity contribution >= 4 is 0 Å². The van der Waals surface area contributed by atoms with E-state index in [1.807, 2.05) is 17.7 Å². The summed E-state index contributed by atoms with van der Waals surface area (Å²) in [4.78, 5) is 0. The van der Waals surface area contributed by atoms with Crippen molar-refractivity contribution in [3.8, 4) is 33.4 Å². The summed E-state index contributed by atoms with van der Waals surface area (Å²) >= 11 is 0. The van der Waals surface area contributed by atoms with Crippen LogP contribution in [0.1, 0.15) is 0 Å². The number of nitrogens with zero attached hydrogens (tertiary/aromatic N) is 1. The molecule has 4 rings (SSSR count). The van der Waals surface area contributed by atoms with Gasteiger partial charge in [0.15, 0.2) is 12.4 Å². The average Bonchev–Trinajstić information content (AvgIpc) is 2.70. The van der Waals surface area contributed by atoms with Crippen LogP contribution in [0.15, 0.2) is 103 Å². The van der Waals surface area contributed by atoms with Crippen LogP contribution in [-0.4, -0.2) is 0 Å². The molecule has 0 spiro atoms. The van der Waals surface area contributed by atoms with Crippen LogP contribution < -0.4 is 4.57 Å². The van der Waals surface area contributed by atoms with Crippen LogP contribution in [-0.2, 0) is 7.05 Å². The molecule has 0 unspecified atom stereocenters. The fourth-order valence-electron chi connectivity index (χ4n) is 3.03. The van der Waals surface area contributed by atoms with Crippen molar-refractivity contribution < 1.29 is 4.57 Å². The molecule has 1 nitrogen and oxygen atoms in total. The zero-order valence-corrected chi connectivity index (χ0v) is 14.3. The molecule has 25 heavy (non-hydrogen) atoms. The maximum Gasteiger partial charge on any atom is 0.169 e. The van der Waals surface area contributed by atoms with E-state index in [2.05, 4.69) is 97.3 Å². The molecule has 3 aromatic carbocycles. The molecule has 0 fully saturated rings. The highest BCUT2D eigenvalue weighted by Crippen LogP contribution is 2.27. The third kappa shape index (κ3) is 3.36. The van der Waals surface area contributed by atoms with Gasteiger partial charge < -0.3 is 0 Å². The van der Waals surface area contributed by atoms with Crippen LogP contribution in [0.4, 0.5) is 0 Å². The lowest BCUT2D eigenvalue weighted by molar-refractivity contribution is -0.671. The lowest BCUT2D eigenvalue weighted by Gasteiger charge is -2.06. The van der Waals surface area contributed by atoms with Gasteiger partial charge in [-0.2, -0.15) is 0 Å². The molecule has 4 aromatic rings. The highest BCUT2D eigenvalue weighted by Gasteiger charge is 2.03. The third-order valence-corrected chi connectivity index (χ3v) is 4.52. The fourth-order valence-corrected chi connectivity index (χ4v) is 3.03. The predicted molar refractivity (Wildman–Crippen MR) is 104 cm³/mol. The predicted octanol–water partition coefficient (Wildman–Crippen LogP) is 5.51. The second-order valence-electron chi connectivity index (χ2n) is 6.27. The first-order chi connectivity index (χ1) is 12.3. The van der Waals surface area contributed by atoms with E-state index in [1.54, 1.807) is 0 Å². The summed E-state index contributed by atoms with van der Waals surface area (Å²) in [6, 6.07) is 32.3. The first-order valence-corrected chi connectivity index (χ1v) is 8.51. The van der Waals surface area contributed by atoms with Crippen LogP contribution >= 0.6 is 0 Å². The molecule has 0 saturated carbocycles. The molecular formula is C24H20N+. The molecule has 0 aliphatic rings. The molecule has 120 valence electrons. The van der Waals surface area contributed by atoms with E-state index >= 15 is 0 Å². The van der Waals surface area contributed by atoms with E-state index < -0.39 is 0 Å². The molecule has 0 N–H and O–H groups in total. The molecule has 0 radical (unpaired) electrons. The van der Waals surface area contributed by atoms with Gasteiger partial charge >= 0.3 is 0 Å². The molecule has 0 amide bonds. The molecule has 0 bridgehead atoms. The summed E-state index contributed by atoms with van der Waals surface area (Å²) in [6.07, 6.45) is 4.15. The van der Waals surface area contributed by atoms with Crippen molar-refractivity contribution in [3.63, 3.8) is 0 Å². The molecular weight excluding hydrogens is 302 g/mol. The molecule has 0 saturated heterocycles. The lowest BCUT2D eigenvalue weighted by Crippen LogP contribution is -2.25. The van der Waals surface area contributed by atoms with Gasteiger partial charge in [0.2, 0.25) is 0 Å². The van der Waals surface area contributed by atoms with Crippen molar-refractivity contribution in [1.29, 1.82) is 0 Å². The first-order valence-electron chi connectivity index (χ1n) is 8.51. The summed E-state index contributed by atoms with van der Waals surface area (Å²) in [6.45, 7) is 0. The Kier molecular flexibility index (Phi) is 4.14. The van der Waals surface area contributed by atoms with Gasteiger partial charge in [0.05, 0.1) is 0 Å². The summed E-state index contributed by atoms with van der Waals surface area (Å²) in [5.41, 5.74) is 7.46. The zero-order valence-electron chi connectivity index (χ0n) is 14.3. The number of pyridine rings is 1. The molecule has 1 aromatic heterocycles. The fraction of sp³-hybridized carbons (Fsp3) is 0.0417. The van der Waals surface area contributed by atoms with Crippen LogP contribution in [0.2, 0.25) is 0 Å². The summed E-state index contributed by atoms with van der Waals surface area (Å²) in [5.74, 6) is 0. The number of aromatic nitrogens is 1. The third-order valence-electron chi connectivity index (χ3n) is 4.52. The van der Waals surface area contributed by atoms with Crippen LogP contribution in [0.5, 0.6) is 0 Å². The minimum absolute atomic E-state index is 1.24. The van der Waals surface area contributed by atoms with Gasteiger partial charge in [-0.25, -0.2) is 4.57 Å². The topological polar surface area (TPSA) is 3.88 Å². The number of hydrogen-bond donors (Lipinski definition) is 0. The highest BCUT2D eigenvalue weighted by atomic mass is 14.9. The van der Waals surface area contributed by atoms with Crippen molar-refractivity contribution in [2.24, 2.45) is 7.05 Å². The normalized spacial score (nSPS) is 10.6. The van der Waals surface area contributed by atoms with Crippen LogP contribution in [0.25, 0.3) is 33.4 Å². The Morgan fingerprint density at radius 3 is 1.12 bits per heavy atom. The van der Waals surface area contributed by atoms with E-state index in [1.165, 1.54) is 33.4 Å². The van der Waals surface area contributed by atoms with Crippen molar-refractivity contribution in [2.75, 3.05) is 0 Å². The maximum atomic E-state index is 2.19. The van der Waals surface area contributed by atoms with Crippen LogP contribution in [0, 0.1) is 0 Å². The molecule has 1 heteroatoms. The zero-order chi connectivity index (χ0) is 17.1. The smallest absolute Gasteiger partial charge is 0.169 e. The second kappa shape index (κ2) is 6.74. The molecule has 0 aliphatic heterocycles. The monoisotopic (exact) mass is 322 g/mol. The van der Waals surface area contributed by atoms with Gasteiger partial charge in [-0.3, -0.25) is 0 Å². The largest absolute Gasteiger partial charge is 0.208 e. The lowest BCUT2D eigenvalue weighted by atomic mass is 9.98.